The van der Waals surface area contributed by atoms with Crippen molar-refractivity contribution in [2.75, 3.05) is 13.6 Å². The molecule has 2 bridgehead atoms. The lowest BCUT2D eigenvalue weighted by Crippen LogP contribution is -2.52. The molecular formula is C11H19NO3. The molecule has 4 heteroatoms. The number of aliphatic hydroxyl groups is 1. The summed E-state index contributed by atoms with van der Waals surface area (Å²) in [6.45, 7) is -6.09. The summed E-state index contributed by atoms with van der Waals surface area (Å²) in [6.07, 6.45) is 1.09. The fraction of sp³-hybridized carbons (Fsp3) is 0.909. The molecule has 2 saturated heterocycles. The molecule has 0 spiro atoms. The number of fused-ring (bicyclic) bond motifs is 2. The lowest BCUT2D eigenvalue weighted by Gasteiger charge is -2.39. The van der Waals surface area contributed by atoms with E-state index in [0.29, 0.717) is 6.42 Å². The average Bonchev–Trinajstić information content (AvgIpc) is 2.53. The van der Waals surface area contributed by atoms with Crippen molar-refractivity contribution >= 4 is 5.97 Å². The van der Waals surface area contributed by atoms with E-state index in [4.69, 9.17) is 6.85 Å². The van der Waals surface area contributed by atoms with Crippen molar-refractivity contribution in [1.82, 2.24) is 4.90 Å². The van der Waals surface area contributed by atoms with Crippen molar-refractivity contribution in [3.05, 3.63) is 0 Å². The van der Waals surface area contributed by atoms with Gasteiger partial charge in [0.05, 0.1) is 21.3 Å². The number of aliphatic hydroxyl groups excluding tert-OH is 1. The number of hydrogen-bond acceptors (Lipinski definition) is 4. The molecule has 4 nitrogen and oxygen atoms in total. The number of carbonyl (C=O) groups excluding carboxylic acids is 1. The molecule has 15 heavy (non-hydrogen) atoms. The quantitative estimate of drug-likeness (QED) is 0.681. The highest BCUT2D eigenvalue weighted by Gasteiger charge is 2.48. The molecule has 0 amide bonds. The monoisotopic (exact) mass is 218 g/mol. The van der Waals surface area contributed by atoms with Gasteiger partial charge in [-0.05, 0) is 33.2 Å². The third-order valence-corrected chi connectivity index (χ3v) is 3.66. The van der Waals surface area contributed by atoms with Gasteiger partial charge in [-0.1, -0.05) is 0 Å². The summed E-state index contributed by atoms with van der Waals surface area (Å²) in [5.41, 5.74) is 0. The predicted molar refractivity (Wildman–Crippen MR) is 55.3 cm³/mol. The van der Waals surface area contributed by atoms with Crippen LogP contribution in [0.5, 0.6) is 0 Å². The van der Waals surface area contributed by atoms with Crippen LogP contribution in [0.15, 0.2) is 0 Å². The van der Waals surface area contributed by atoms with Crippen molar-refractivity contribution in [1.29, 1.82) is 0 Å². The molecule has 0 unspecified atom stereocenters. The molecule has 0 aromatic rings. The molecule has 2 rings (SSSR count). The molecule has 0 saturated carbocycles. The van der Waals surface area contributed by atoms with Crippen LogP contribution in [0.2, 0.25) is 0 Å². The molecule has 4 atom stereocenters. The first kappa shape index (κ1) is 6.21. The summed E-state index contributed by atoms with van der Waals surface area (Å²) in [4.78, 5) is 14.1. The van der Waals surface area contributed by atoms with Gasteiger partial charge in [-0.25, -0.2) is 0 Å². The zero-order chi connectivity index (χ0) is 15.3. The van der Waals surface area contributed by atoms with Gasteiger partial charge in [0, 0.05) is 16.2 Å². The van der Waals surface area contributed by atoms with Crippen LogP contribution in [-0.4, -0.2) is 47.8 Å². The van der Waals surface area contributed by atoms with Crippen molar-refractivity contribution in [3.63, 3.8) is 0 Å². The Morgan fingerprint density at radius 3 is 3.27 bits per heavy atom. The summed E-state index contributed by atoms with van der Waals surface area (Å²) in [7, 11) is 1.85. The number of carbonyl (C=O) groups is 1. The smallest absolute Gasteiger partial charge is 0.313 e. The van der Waals surface area contributed by atoms with Crippen LogP contribution in [0.3, 0.4) is 0 Å². The summed E-state index contributed by atoms with van der Waals surface area (Å²) in [5.74, 6) is -1.87. The number of rotatable bonds is 2. The Bertz CT molecular complexity index is 400. The highest BCUT2D eigenvalue weighted by Crippen LogP contribution is 2.38. The van der Waals surface area contributed by atoms with Gasteiger partial charge in [-0.2, -0.15) is 0 Å². The topological polar surface area (TPSA) is 49.8 Å². The molecule has 0 aromatic carbocycles. The van der Waals surface area contributed by atoms with E-state index in [-0.39, 0.29) is 12.1 Å². The van der Waals surface area contributed by atoms with E-state index in [0.717, 1.165) is 12.8 Å². The Morgan fingerprint density at radius 1 is 1.73 bits per heavy atom. The molecule has 2 fully saturated rings. The van der Waals surface area contributed by atoms with Gasteiger partial charge in [-0.3, -0.25) is 9.69 Å². The van der Waals surface area contributed by atoms with Gasteiger partial charge in [0.1, 0.15) is 0 Å². The van der Waals surface area contributed by atoms with Crippen molar-refractivity contribution in [2.24, 2.45) is 5.92 Å². The number of esters is 1. The van der Waals surface area contributed by atoms with Crippen molar-refractivity contribution in [2.45, 2.75) is 44.3 Å². The molecule has 2 aliphatic heterocycles. The summed E-state index contributed by atoms with van der Waals surface area (Å²) in [6, 6.07) is 0.00192. The summed E-state index contributed by atoms with van der Waals surface area (Å²) < 4.78 is 40.4. The van der Waals surface area contributed by atoms with Crippen LogP contribution >= 0.6 is 0 Å². The Morgan fingerprint density at radius 2 is 2.53 bits per heavy atom. The zero-order valence-corrected chi connectivity index (χ0v) is 8.64. The SMILES string of the molecule is [2H]C([2H])([2H])C([2H])([2H])OC(=O)[C@@H]1[C@H]2CC[C@@H](C[C@@H]1O)N2C. The third kappa shape index (κ3) is 1.76. The largest absolute Gasteiger partial charge is 0.466 e. The van der Waals surface area contributed by atoms with E-state index in [1.165, 1.54) is 0 Å². The van der Waals surface area contributed by atoms with Gasteiger partial charge in [0.2, 0.25) is 0 Å². The van der Waals surface area contributed by atoms with E-state index in [1.54, 1.807) is 0 Å². The van der Waals surface area contributed by atoms with E-state index >= 15 is 0 Å². The molecule has 0 radical (unpaired) electrons. The minimum absolute atomic E-state index is 0.219. The van der Waals surface area contributed by atoms with Crippen molar-refractivity contribution in [3.8, 4) is 0 Å². The summed E-state index contributed by atoms with van der Waals surface area (Å²) >= 11 is 0. The van der Waals surface area contributed by atoms with Crippen LogP contribution in [0.4, 0.5) is 0 Å². The lowest BCUT2D eigenvalue weighted by atomic mass is 9.88. The van der Waals surface area contributed by atoms with Crippen LogP contribution < -0.4 is 0 Å². The number of nitrogens with zero attached hydrogens (tertiary/aromatic N) is 1. The second-order valence-electron chi connectivity index (χ2n) is 4.32. The first-order valence-electron chi connectivity index (χ1n) is 7.67. The minimum Gasteiger partial charge on any atom is -0.466 e. The van der Waals surface area contributed by atoms with Crippen LogP contribution in [0.1, 0.15) is 33.0 Å². The molecule has 86 valence electrons. The predicted octanol–water partition coefficient (Wildman–Crippen LogP) is 0.393. The molecule has 2 aliphatic rings. The van der Waals surface area contributed by atoms with Gasteiger partial charge < -0.3 is 9.84 Å². The number of piperidine rings is 1. The fourth-order valence-corrected chi connectivity index (χ4v) is 2.87. The maximum absolute atomic E-state index is 12.1. The van der Waals surface area contributed by atoms with Gasteiger partial charge in [0.15, 0.2) is 0 Å². The second kappa shape index (κ2) is 4.10. The van der Waals surface area contributed by atoms with E-state index in [2.05, 4.69) is 4.74 Å². The lowest BCUT2D eigenvalue weighted by molar-refractivity contribution is -0.158. The normalized spacial score (nSPS) is 47.2. The summed E-state index contributed by atoms with van der Waals surface area (Å²) in [5, 5.41) is 10.0. The first-order valence-corrected chi connectivity index (χ1v) is 5.17. The molecule has 0 aliphatic carbocycles. The van der Waals surface area contributed by atoms with E-state index < -0.39 is 31.4 Å². The van der Waals surface area contributed by atoms with Gasteiger partial charge in [-0.15, -0.1) is 0 Å². The Hall–Kier alpha value is -0.610. The standard InChI is InChI=1S/C11H19NO3/c1-3-15-11(14)10-8-5-4-7(12(8)2)6-9(10)13/h7-10,13H,3-6H2,1-2H3/t7-,8+,9-,10+/m0/s1/i1D3,3D2. The number of hydrogen-bond donors (Lipinski definition) is 1. The number of ether oxygens (including phenoxy) is 1. The maximum Gasteiger partial charge on any atom is 0.313 e. The second-order valence-corrected chi connectivity index (χ2v) is 4.32. The fourth-order valence-electron chi connectivity index (χ4n) is 2.87. The highest BCUT2D eigenvalue weighted by molar-refractivity contribution is 5.74. The minimum atomic E-state index is -3.05. The maximum atomic E-state index is 12.1. The van der Waals surface area contributed by atoms with Crippen LogP contribution in [-0.2, 0) is 9.53 Å². The first-order chi connectivity index (χ1) is 9.04. The van der Waals surface area contributed by atoms with E-state index in [1.807, 2.05) is 11.9 Å². The van der Waals surface area contributed by atoms with Crippen LogP contribution in [0, 0.1) is 5.92 Å². The Balaban J connectivity index is 2.12. The Labute approximate surface area is 97.2 Å². The Kier molecular flexibility index (Phi) is 1.70. The van der Waals surface area contributed by atoms with Crippen LogP contribution in [0.25, 0.3) is 0 Å². The van der Waals surface area contributed by atoms with Gasteiger partial charge >= 0.3 is 5.97 Å². The third-order valence-electron chi connectivity index (χ3n) is 3.66. The molecule has 1 N–H and O–H groups in total. The average molecular weight is 218 g/mol. The molecule has 2 heterocycles. The van der Waals surface area contributed by atoms with Gasteiger partial charge in [0.25, 0.3) is 0 Å². The highest BCUT2D eigenvalue weighted by atomic mass is 16.5. The molecule has 0 aromatic heterocycles. The van der Waals surface area contributed by atoms with E-state index in [9.17, 15) is 9.90 Å². The van der Waals surface area contributed by atoms with Crippen molar-refractivity contribution < 1.29 is 21.5 Å². The molecular weight excluding hydrogens is 194 g/mol. The zero-order valence-electron chi connectivity index (χ0n) is 13.6.